The molecule has 2 aromatic rings. The number of likely N-dealkylation sites (N-methyl/N-ethyl adjacent to an activating group) is 1. The van der Waals surface area contributed by atoms with Gasteiger partial charge in [0.2, 0.25) is 5.91 Å². The van der Waals surface area contributed by atoms with Crippen molar-refractivity contribution in [2.45, 2.75) is 38.1 Å². The lowest BCUT2D eigenvalue weighted by Gasteiger charge is -2.32. The zero-order chi connectivity index (χ0) is 16.0. The van der Waals surface area contributed by atoms with Crippen molar-refractivity contribution in [1.29, 1.82) is 0 Å². The van der Waals surface area contributed by atoms with Crippen molar-refractivity contribution in [2.75, 3.05) is 13.7 Å². The number of nitrogens with zero attached hydrogens (tertiary/aromatic N) is 2. The van der Waals surface area contributed by atoms with E-state index in [9.17, 15) is 4.79 Å². The van der Waals surface area contributed by atoms with Crippen molar-refractivity contribution in [1.82, 2.24) is 9.88 Å². The first-order valence-electron chi connectivity index (χ1n) is 8.09. The number of benzene rings is 1. The smallest absolute Gasteiger partial charge is 0.234 e. The first-order valence-corrected chi connectivity index (χ1v) is 8.91. The summed E-state index contributed by atoms with van der Waals surface area (Å²) in [5.74, 6) is 0.812. The van der Waals surface area contributed by atoms with E-state index in [4.69, 9.17) is 4.74 Å². The standard InChI is InChI=1S/C18H20N2O2S/c1-11-19-14-7-5-8-15(17(14)23-11)20(2)18(21)13-10-22-16-9-4-3-6-12(13)16/h3-4,6,9,13,15H,5,7-8,10H2,1-2H3. The molecule has 2 unspecified atom stereocenters. The number of hydrogen-bond donors (Lipinski definition) is 0. The maximum Gasteiger partial charge on any atom is 0.234 e. The van der Waals surface area contributed by atoms with Crippen molar-refractivity contribution in [3.8, 4) is 5.75 Å². The third-order valence-corrected chi connectivity index (χ3v) is 5.96. The van der Waals surface area contributed by atoms with Crippen LogP contribution in [0, 0.1) is 6.92 Å². The third-order valence-electron chi connectivity index (χ3n) is 4.84. The highest BCUT2D eigenvalue weighted by Gasteiger charge is 2.36. The van der Waals surface area contributed by atoms with Gasteiger partial charge in [-0.05, 0) is 32.3 Å². The fourth-order valence-electron chi connectivity index (χ4n) is 3.66. The molecule has 0 saturated carbocycles. The van der Waals surface area contributed by atoms with Gasteiger partial charge in [0.25, 0.3) is 0 Å². The van der Waals surface area contributed by atoms with E-state index in [0.717, 1.165) is 35.6 Å². The van der Waals surface area contributed by atoms with Gasteiger partial charge in [0.1, 0.15) is 18.3 Å². The zero-order valence-corrected chi connectivity index (χ0v) is 14.2. The van der Waals surface area contributed by atoms with Gasteiger partial charge in [-0.25, -0.2) is 4.98 Å². The Morgan fingerprint density at radius 1 is 1.39 bits per heavy atom. The van der Waals surface area contributed by atoms with Gasteiger partial charge in [0.15, 0.2) is 0 Å². The van der Waals surface area contributed by atoms with Crippen molar-refractivity contribution in [2.24, 2.45) is 0 Å². The van der Waals surface area contributed by atoms with E-state index in [-0.39, 0.29) is 17.9 Å². The topological polar surface area (TPSA) is 42.4 Å². The molecule has 0 spiro atoms. The molecule has 4 rings (SSSR count). The van der Waals surface area contributed by atoms with E-state index < -0.39 is 0 Å². The molecular weight excluding hydrogens is 308 g/mol. The number of aryl methyl sites for hydroxylation is 2. The number of carbonyl (C=O) groups is 1. The largest absolute Gasteiger partial charge is 0.492 e. The van der Waals surface area contributed by atoms with E-state index in [2.05, 4.69) is 4.98 Å². The Kier molecular flexibility index (Phi) is 3.60. The minimum absolute atomic E-state index is 0.152. The summed E-state index contributed by atoms with van der Waals surface area (Å²) in [5, 5.41) is 1.09. The Balaban J connectivity index is 1.61. The Bertz CT molecular complexity index is 755. The molecule has 5 heteroatoms. The first kappa shape index (κ1) is 14.7. The van der Waals surface area contributed by atoms with E-state index in [0.29, 0.717) is 6.61 Å². The Morgan fingerprint density at radius 2 is 2.22 bits per heavy atom. The van der Waals surface area contributed by atoms with Crippen molar-refractivity contribution in [3.05, 3.63) is 45.4 Å². The molecule has 2 heterocycles. The number of para-hydroxylation sites is 1. The summed E-state index contributed by atoms with van der Waals surface area (Å²) in [6.07, 6.45) is 3.15. The van der Waals surface area contributed by atoms with Gasteiger partial charge < -0.3 is 9.64 Å². The van der Waals surface area contributed by atoms with E-state index in [1.807, 2.05) is 43.1 Å². The summed E-state index contributed by atoms with van der Waals surface area (Å²) in [5.41, 5.74) is 2.20. The fraction of sp³-hybridized carbons (Fsp3) is 0.444. The maximum absolute atomic E-state index is 13.1. The number of aromatic nitrogens is 1. The summed E-state index contributed by atoms with van der Waals surface area (Å²) in [4.78, 5) is 20.9. The van der Waals surface area contributed by atoms with E-state index in [1.54, 1.807) is 11.3 Å². The third kappa shape index (κ3) is 2.43. The molecule has 1 amide bonds. The van der Waals surface area contributed by atoms with Crippen molar-refractivity contribution < 1.29 is 9.53 Å². The average Bonchev–Trinajstić information content (AvgIpc) is 3.15. The summed E-state index contributed by atoms with van der Waals surface area (Å²) < 4.78 is 5.69. The normalized spacial score (nSPS) is 22.2. The van der Waals surface area contributed by atoms with Gasteiger partial charge in [-0.15, -0.1) is 11.3 Å². The van der Waals surface area contributed by atoms with Crippen LogP contribution in [0.1, 0.15) is 45.9 Å². The molecule has 1 aliphatic carbocycles. The summed E-state index contributed by atoms with van der Waals surface area (Å²) in [6.45, 7) is 2.49. The Hall–Kier alpha value is -1.88. The van der Waals surface area contributed by atoms with Gasteiger partial charge in [0.05, 0.1) is 21.6 Å². The highest BCUT2D eigenvalue weighted by molar-refractivity contribution is 7.11. The highest BCUT2D eigenvalue weighted by Crippen LogP contribution is 2.40. The van der Waals surface area contributed by atoms with Crippen molar-refractivity contribution in [3.63, 3.8) is 0 Å². The maximum atomic E-state index is 13.1. The van der Waals surface area contributed by atoms with Crippen LogP contribution in [0.15, 0.2) is 24.3 Å². The second-order valence-electron chi connectivity index (χ2n) is 6.30. The number of thiazole rings is 1. The number of ether oxygens (including phenoxy) is 1. The lowest BCUT2D eigenvalue weighted by atomic mass is 9.94. The molecule has 4 nitrogen and oxygen atoms in total. The van der Waals surface area contributed by atoms with Gasteiger partial charge in [0, 0.05) is 12.6 Å². The highest BCUT2D eigenvalue weighted by atomic mass is 32.1. The molecule has 2 aliphatic rings. The van der Waals surface area contributed by atoms with Gasteiger partial charge in [-0.3, -0.25) is 4.79 Å². The predicted octanol–water partition coefficient (Wildman–Crippen LogP) is 3.46. The van der Waals surface area contributed by atoms with Crippen LogP contribution in [0.2, 0.25) is 0 Å². The number of carbonyl (C=O) groups excluding carboxylic acids is 1. The Morgan fingerprint density at radius 3 is 3.09 bits per heavy atom. The predicted molar refractivity (Wildman–Crippen MR) is 90.0 cm³/mol. The molecule has 2 atom stereocenters. The molecular formula is C18H20N2O2S. The molecule has 0 saturated heterocycles. The summed E-state index contributed by atoms with van der Waals surface area (Å²) >= 11 is 1.74. The molecule has 0 N–H and O–H groups in total. The van der Waals surface area contributed by atoms with E-state index >= 15 is 0 Å². The van der Waals surface area contributed by atoms with Gasteiger partial charge >= 0.3 is 0 Å². The van der Waals surface area contributed by atoms with Crippen LogP contribution in [0.25, 0.3) is 0 Å². The second-order valence-corrected chi connectivity index (χ2v) is 7.54. The number of rotatable bonds is 2. The van der Waals surface area contributed by atoms with Crippen LogP contribution in [0.3, 0.4) is 0 Å². The monoisotopic (exact) mass is 328 g/mol. The van der Waals surface area contributed by atoms with Crippen molar-refractivity contribution >= 4 is 17.2 Å². The van der Waals surface area contributed by atoms with Crippen LogP contribution < -0.4 is 4.74 Å². The Labute approximate surface area is 140 Å². The minimum atomic E-state index is -0.185. The molecule has 0 bridgehead atoms. The molecule has 23 heavy (non-hydrogen) atoms. The van der Waals surface area contributed by atoms with Crippen LogP contribution in [0.4, 0.5) is 0 Å². The lowest BCUT2D eigenvalue weighted by molar-refractivity contribution is -0.134. The van der Waals surface area contributed by atoms with Crippen LogP contribution in [0.5, 0.6) is 5.75 Å². The molecule has 0 fully saturated rings. The lowest BCUT2D eigenvalue weighted by Crippen LogP contribution is -2.36. The molecule has 1 aromatic heterocycles. The second kappa shape index (κ2) is 5.64. The van der Waals surface area contributed by atoms with Crippen LogP contribution in [-0.4, -0.2) is 29.4 Å². The molecule has 1 aliphatic heterocycles. The van der Waals surface area contributed by atoms with E-state index in [1.165, 1.54) is 10.6 Å². The number of amides is 1. The fourth-order valence-corrected chi connectivity index (χ4v) is 4.81. The summed E-state index contributed by atoms with van der Waals surface area (Å²) in [7, 11) is 1.93. The summed E-state index contributed by atoms with van der Waals surface area (Å²) in [6, 6.07) is 8.02. The van der Waals surface area contributed by atoms with Crippen LogP contribution >= 0.6 is 11.3 Å². The SMILES string of the molecule is Cc1nc2c(s1)C(N(C)C(=O)C1COc3ccccc31)CCC2. The first-order chi connectivity index (χ1) is 11.1. The molecule has 120 valence electrons. The molecule has 1 aromatic carbocycles. The zero-order valence-electron chi connectivity index (χ0n) is 13.4. The number of hydrogen-bond acceptors (Lipinski definition) is 4. The van der Waals surface area contributed by atoms with Gasteiger partial charge in [-0.1, -0.05) is 18.2 Å². The average molecular weight is 328 g/mol. The minimum Gasteiger partial charge on any atom is -0.492 e. The quantitative estimate of drug-likeness (QED) is 0.848. The van der Waals surface area contributed by atoms with Gasteiger partial charge in [-0.2, -0.15) is 0 Å². The van der Waals surface area contributed by atoms with Crippen LogP contribution in [-0.2, 0) is 11.2 Å². The number of fused-ring (bicyclic) bond motifs is 2. The molecule has 0 radical (unpaired) electrons.